The SMILES string of the molecule is O=C(O)/C=C/c1ccsc1CSc1cc2ccccc2[nH]1. The number of carboxylic acid groups (broad SMARTS) is 1. The number of fused-ring (bicyclic) bond motifs is 1. The molecule has 106 valence electrons. The number of para-hydroxylation sites is 1. The lowest BCUT2D eigenvalue weighted by molar-refractivity contribution is -0.131. The summed E-state index contributed by atoms with van der Waals surface area (Å²) in [6.45, 7) is 0. The Balaban J connectivity index is 1.73. The number of carboxylic acids is 1. The van der Waals surface area contributed by atoms with Crippen molar-refractivity contribution >= 4 is 46.0 Å². The maximum absolute atomic E-state index is 10.6. The molecule has 5 heteroatoms. The van der Waals surface area contributed by atoms with Gasteiger partial charge in [-0.05, 0) is 35.2 Å². The lowest BCUT2D eigenvalue weighted by Crippen LogP contribution is -1.86. The number of rotatable bonds is 5. The molecule has 3 rings (SSSR count). The number of H-pyrrole nitrogens is 1. The van der Waals surface area contributed by atoms with Crippen LogP contribution in [0.3, 0.4) is 0 Å². The van der Waals surface area contributed by atoms with Gasteiger partial charge in [-0.2, -0.15) is 0 Å². The van der Waals surface area contributed by atoms with Crippen LogP contribution in [0.5, 0.6) is 0 Å². The summed E-state index contributed by atoms with van der Waals surface area (Å²) < 4.78 is 0. The number of carbonyl (C=O) groups is 1. The standard InChI is InChI=1S/C16H13NO2S2/c18-16(19)6-5-11-7-8-20-14(11)10-21-15-9-12-3-1-2-4-13(12)17-15/h1-9,17H,10H2,(H,18,19)/b6-5+. The highest BCUT2D eigenvalue weighted by Crippen LogP contribution is 2.30. The predicted octanol–water partition coefficient (Wildman–Crippen LogP) is 4.62. The number of thioether (sulfide) groups is 1. The van der Waals surface area contributed by atoms with E-state index in [1.807, 2.05) is 23.6 Å². The highest BCUT2D eigenvalue weighted by Gasteiger charge is 2.05. The number of thiophene rings is 1. The van der Waals surface area contributed by atoms with Gasteiger partial charge in [0.05, 0.1) is 5.03 Å². The van der Waals surface area contributed by atoms with Gasteiger partial charge in [-0.3, -0.25) is 0 Å². The van der Waals surface area contributed by atoms with Gasteiger partial charge in [-0.1, -0.05) is 18.2 Å². The molecule has 0 saturated heterocycles. The topological polar surface area (TPSA) is 53.1 Å². The van der Waals surface area contributed by atoms with Gasteiger partial charge in [-0.25, -0.2) is 4.79 Å². The molecular formula is C16H13NO2S2. The molecule has 0 unspecified atom stereocenters. The molecule has 21 heavy (non-hydrogen) atoms. The number of aliphatic carboxylic acids is 1. The van der Waals surface area contributed by atoms with Crippen molar-refractivity contribution in [3.8, 4) is 0 Å². The fourth-order valence-corrected chi connectivity index (χ4v) is 3.99. The van der Waals surface area contributed by atoms with Gasteiger partial charge < -0.3 is 10.1 Å². The molecule has 0 aliphatic carbocycles. The van der Waals surface area contributed by atoms with Crippen molar-refractivity contribution in [2.75, 3.05) is 0 Å². The normalized spacial score (nSPS) is 11.4. The Morgan fingerprint density at radius 2 is 2.19 bits per heavy atom. The van der Waals surface area contributed by atoms with Crippen LogP contribution in [0.25, 0.3) is 17.0 Å². The van der Waals surface area contributed by atoms with Crippen LogP contribution in [-0.4, -0.2) is 16.1 Å². The summed E-state index contributed by atoms with van der Waals surface area (Å²) in [6, 6.07) is 12.3. The molecule has 0 saturated carbocycles. The van der Waals surface area contributed by atoms with Gasteiger partial charge in [0.15, 0.2) is 0 Å². The number of aromatic amines is 1. The largest absolute Gasteiger partial charge is 0.478 e. The van der Waals surface area contributed by atoms with Crippen molar-refractivity contribution < 1.29 is 9.90 Å². The van der Waals surface area contributed by atoms with Gasteiger partial charge >= 0.3 is 5.97 Å². The second-order valence-electron chi connectivity index (χ2n) is 4.48. The molecule has 0 fully saturated rings. The lowest BCUT2D eigenvalue weighted by atomic mass is 10.2. The zero-order valence-corrected chi connectivity index (χ0v) is 12.7. The molecular weight excluding hydrogens is 302 g/mol. The summed E-state index contributed by atoms with van der Waals surface area (Å²) in [5.74, 6) is -0.0977. The van der Waals surface area contributed by atoms with Crippen LogP contribution in [0.4, 0.5) is 0 Å². The summed E-state index contributed by atoms with van der Waals surface area (Å²) >= 11 is 3.37. The Morgan fingerprint density at radius 1 is 1.33 bits per heavy atom. The molecule has 3 nitrogen and oxygen atoms in total. The van der Waals surface area contributed by atoms with E-state index in [0.717, 1.165) is 21.9 Å². The monoisotopic (exact) mass is 315 g/mol. The van der Waals surface area contributed by atoms with Crippen LogP contribution in [0.2, 0.25) is 0 Å². The molecule has 2 heterocycles. The highest BCUT2D eigenvalue weighted by atomic mass is 32.2. The Morgan fingerprint density at radius 3 is 3.00 bits per heavy atom. The Labute approximate surface area is 130 Å². The van der Waals surface area contributed by atoms with E-state index in [0.29, 0.717) is 0 Å². The average molecular weight is 315 g/mol. The maximum atomic E-state index is 10.6. The van der Waals surface area contributed by atoms with Crippen molar-refractivity contribution in [1.82, 2.24) is 4.98 Å². The fraction of sp³-hybridized carbons (Fsp3) is 0.0625. The van der Waals surface area contributed by atoms with Crippen molar-refractivity contribution in [2.24, 2.45) is 0 Å². The van der Waals surface area contributed by atoms with E-state index in [-0.39, 0.29) is 0 Å². The van der Waals surface area contributed by atoms with E-state index in [9.17, 15) is 4.79 Å². The van der Waals surface area contributed by atoms with Crippen molar-refractivity contribution in [1.29, 1.82) is 0 Å². The van der Waals surface area contributed by atoms with Crippen molar-refractivity contribution in [2.45, 2.75) is 10.8 Å². The number of hydrogen-bond acceptors (Lipinski definition) is 3. The van der Waals surface area contributed by atoms with Crippen LogP contribution in [0.1, 0.15) is 10.4 Å². The molecule has 0 spiro atoms. The summed E-state index contributed by atoms with van der Waals surface area (Å²) in [6.07, 6.45) is 2.83. The predicted molar refractivity (Wildman–Crippen MR) is 88.8 cm³/mol. The third-order valence-corrected chi connectivity index (χ3v) is 5.13. The fourth-order valence-electron chi connectivity index (χ4n) is 2.05. The number of aromatic nitrogens is 1. The zero-order valence-electron chi connectivity index (χ0n) is 11.1. The molecule has 2 N–H and O–H groups in total. The van der Waals surface area contributed by atoms with Gasteiger partial charge in [0.2, 0.25) is 0 Å². The minimum Gasteiger partial charge on any atom is -0.478 e. The molecule has 0 aliphatic rings. The number of benzene rings is 1. The van der Waals surface area contributed by atoms with E-state index < -0.39 is 5.97 Å². The summed E-state index contributed by atoms with van der Waals surface area (Å²) in [5.41, 5.74) is 2.11. The van der Waals surface area contributed by atoms with Crippen LogP contribution in [0, 0.1) is 0 Å². The van der Waals surface area contributed by atoms with E-state index in [1.54, 1.807) is 29.2 Å². The van der Waals surface area contributed by atoms with Crippen molar-refractivity contribution in [3.05, 3.63) is 58.3 Å². The molecule has 0 radical (unpaired) electrons. The molecule has 0 atom stereocenters. The summed E-state index contributed by atoms with van der Waals surface area (Å²) in [4.78, 5) is 15.2. The quantitative estimate of drug-likeness (QED) is 0.533. The number of hydrogen-bond donors (Lipinski definition) is 2. The first-order chi connectivity index (χ1) is 10.2. The molecule has 2 aromatic heterocycles. The van der Waals surface area contributed by atoms with Crippen LogP contribution in [-0.2, 0) is 10.5 Å². The van der Waals surface area contributed by atoms with Crippen molar-refractivity contribution in [3.63, 3.8) is 0 Å². The van der Waals surface area contributed by atoms with Crippen LogP contribution < -0.4 is 0 Å². The molecule has 0 bridgehead atoms. The minimum absolute atomic E-state index is 0.823. The van der Waals surface area contributed by atoms with Gasteiger partial charge in [-0.15, -0.1) is 23.1 Å². The van der Waals surface area contributed by atoms with Crippen LogP contribution in [0.15, 0.2) is 52.9 Å². The first kappa shape index (κ1) is 14.0. The third-order valence-electron chi connectivity index (χ3n) is 3.05. The third kappa shape index (κ3) is 3.37. The Kier molecular flexibility index (Phi) is 4.13. The summed E-state index contributed by atoms with van der Waals surface area (Å²) in [5, 5.41) is 13.0. The molecule has 1 aromatic carbocycles. The zero-order chi connectivity index (χ0) is 14.7. The van der Waals surface area contributed by atoms with Crippen LogP contribution >= 0.6 is 23.1 Å². The lowest BCUT2D eigenvalue weighted by Gasteiger charge is -1.98. The minimum atomic E-state index is -0.921. The maximum Gasteiger partial charge on any atom is 0.328 e. The van der Waals surface area contributed by atoms with Gasteiger partial charge in [0.25, 0.3) is 0 Å². The second-order valence-corrected chi connectivity index (χ2v) is 6.50. The molecule has 3 aromatic rings. The van der Waals surface area contributed by atoms with E-state index in [4.69, 9.17) is 5.11 Å². The van der Waals surface area contributed by atoms with E-state index >= 15 is 0 Å². The first-order valence-electron chi connectivity index (χ1n) is 6.40. The van der Waals surface area contributed by atoms with Gasteiger partial charge in [0.1, 0.15) is 0 Å². The molecule has 0 amide bonds. The average Bonchev–Trinajstić information content (AvgIpc) is 3.08. The number of nitrogens with one attached hydrogen (secondary N) is 1. The summed E-state index contributed by atoms with van der Waals surface area (Å²) in [7, 11) is 0. The Bertz CT molecular complexity index is 768. The Hall–Kier alpha value is -1.98. The van der Waals surface area contributed by atoms with E-state index in [1.165, 1.54) is 16.3 Å². The molecule has 0 aliphatic heterocycles. The second kappa shape index (κ2) is 6.20. The highest BCUT2D eigenvalue weighted by molar-refractivity contribution is 7.98. The van der Waals surface area contributed by atoms with Gasteiger partial charge in [0, 0.05) is 27.6 Å². The smallest absolute Gasteiger partial charge is 0.328 e. The first-order valence-corrected chi connectivity index (χ1v) is 8.27. The van der Waals surface area contributed by atoms with E-state index in [2.05, 4.69) is 23.2 Å².